The Morgan fingerprint density at radius 3 is 1.79 bits per heavy atom. The summed E-state index contributed by atoms with van der Waals surface area (Å²) in [7, 11) is 0. The summed E-state index contributed by atoms with van der Waals surface area (Å²) in [6.45, 7) is 7.24. The summed E-state index contributed by atoms with van der Waals surface area (Å²) >= 11 is 13.1. The van der Waals surface area contributed by atoms with E-state index in [0.717, 1.165) is 6.42 Å². The van der Waals surface area contributed by atoms with Crippen LogP contribution in [0, 0.1) is 5.92 Å². The highest BCUT2D eigenvalue weighted by atomic mass is 35.5. The van der Waals surface area contributed by atoms with Crippen molar-refractivity contribution in [1.29, 1.82) is 0 Å². The molecule has 8 N–H and O–H groups in total. The highest BCUT2D eigenvalue weighted by Crippen LogP contribution is 2.48. The summed E-state index contributed by atoms with van der Waals surface area (Å²) in [6.07, 6.45) is 0.548. The van der Waals surface area contributed by atoms with Crippen molar-refractivity contribution < 1.29 is 19.7 Å². The molecule has 2 saturated heterocycles. The number of nitrogens with two attached hydrogens (primary N) is 2. The van der Waals surface area contributed by atoms with Gasteiger partial charge in [0.05, 0.1) is 30.2 Å². The smallest absolute Gasteiger partial charge is 0.280 e. The van der Waals surface area contributed by atoms with Crippen molar-refractivity contribution >= 4 is 57.4 Å². The molecule has 18 heteroatoms. The molecule has 16 nitrogen and oxygen atoms in total. The monoisotopic (exact) mass is 626 g/mol. The number of nitrogens with one attached hydrogen (secondary N) is 2. The fourth-order valence-electron chi connectivity index (χ4n) is 5.38. The highest BCUT2D eigenvalue weighted by Gasteiger charge is 2.53. The second-order valence-electron chi connectivity index (χ2n) is 10.7. The van der Waals surface area contributed by atoms with Gasteiger partial charge in [-0.1, -0.05) is 13.8 Å². The number of aliphatic hydroxyl groups is 2. The lowest BCUT2D eigenvalue weighted by Crippen LogP contribution is -2.39. The Balaban J connectivity index is 0.000000168. The molecule has 8 atom stereocenters. The minimum Gasteiger partial charge on any atom is -0.394 e. The summed E-state index contributed by atoms with van der Waals surface area (Å²) in [5, 5.41) is 19.3. The van der Waals surface area contributed by atoms with Crippen LogP contribution in [0.15, 0.2) is 22.2 Å². The number of nitrogens with zero attached hydrogens (tertiary/aromatic N) is 6. The molecule has 2 aliphatic heterocycles. The Morgan fingerprint density at radius 1 is 0.929 bits per heavy atom. The van der Waals surface area contributed by atoms with Crippen molar-refractivity contribution in [1.82, 2.24) is 39.0 Å². The Labute approximate surface area is 248 Å². The first-order valence-electron chi connectivity index (χ1n) is 13.1. The zero-order valence-electron chi connectivity index (χ0n) is 23.2. The lowest BCUT2D eigenvalue weighted by molar-refractivity contribution is -0.0441. The molecule has 0 saturated carbocycles. The minimum absolute atomic E-state index is 0.0450. The number of hydrogen-bond donors (Lipinski definition) is 6. The molecule has 2 aliphatic rings. The third-order valence-electron chi connectivity index (χ3n) is 7.94. The predicted molar refractivity (Wildman–Crippen MR) is 154 cm³/mol. The zero-order chi connectivity index (χ0) is 30.7. The van der Waals surface area contributed by atoms with Gasteiger partial charge in [0.25, 0.3) is 11.1 Å². The Kier molecular flexibility index (Phi) is 7.74. The van der Waals surface area contributed by atoms with Crippen LogP contribution in [-0.4, -0.2) is 83.9 Å². The number of H-pyrrole nitrogens is 2. The van der Waals surface area contributed by atoms with Gasteiger partial charge in [0.15, 0.2) is 34.8 Å². The molecule has 0 unspecified atom stereocenters. The maximum Gasteiger partial charge on any atom is 0.280 e. The van der Waals surface area contributed by atoms with E-state index in [9.17, 15) is 19.8 Å². The van der Waals surface area contributed by atoms with E-state index >= 15 is 0 Å². The molecule has 228 valence electrons. The molecule has 42 heavy (non-hydrogen) atoms. The van der Waals surface area contributed by atoms with Gasteiger partial charge in [-0.15, -0.1) is 23.2 Å². The number of nitrogen functional groups attached to an aromatic ring is 2. The van der Waals surface area contributed by atoms with Gasteiger partial charge in [-0.3, -0.25) is 28.7 Å². The van der Waals surface area contributed by atoms with E-state index in [1.54, 1.807) is 11.5 Å². The summed E-state index contributed by atoms with van der Waals surface area (Å²) in [5.74, 6) is 0.136. The lowest BCUT2D eigenvalue weighted by atomic mass is 9.90. The molecular formula is C24H32Cl2N10O6. The van der Waals surface area contributed by atoms with Crippen LogP contribution in [0.5, 0.6) is 0 Å². The fraction of sp³-hybridized carbons (Fsp3) is 0.583. The second-order valence-corrected chi connectivity index (χ2v) is 12.4. The number of aromatic amines is 2. The van der Waals surface area contributed by atoms with Crippen LogP contribution in [0.1, 0.15) is 46.6 Å². The number of rotatable bonds is 4. The van der Waals surface area contributed by atoms with E-state index in [0.29, 0.717) is 5.65 Å². The van der Waals surface area contributed by atoms with Gasteiger partial charge in [-0.2, -0.15) is 9.97 Å². The summed E-state index contributed by atoms with van der Waals surface area (Å²) in [4.78, 5) is 42.8. The second kappa shape index (κ2) is 10.8. The SMILES string of the molecule is CC[C@H]1O[C@@H](n2cnc3c(=O)[nH]c(N)nc32)[C@](C)(Cl)[C@@H]1C.C[C@@]1(Cl)[C@H](O)[C@@H](CO)O[C@H]1n1cnc2c(=O)[nH]c(N)nc21. The fourth-order valence-corrected chi connectivity index (χ4v) is 5.98. The quantitative estimate of drug-likeness (QED) is 0.171. The molecule has 0 spiro atoms. The molecular weight excluding hydrogens is 595 g/mol. The predicted octanol–water partition coefficient (Wildman–Crippen LogP) is 0.593. The van der Waals surface area contributed by atoms with Crippen molar-refractivity contribution in [3.8, 4) is 0 Å². The van der Waals surface area contributed by atoms with E-state index in [1.807, 2.05) is 6.92 Å². The first-order valence-corrected chi connectivity index (χ1v) is 13.9. The van der Waals surface area contributed by atoms with E-state index in [-0.39, 0.29) is 52.8 Å². The number of fused-ring (bicyclic) bond motifs is 2. The van der Waals surface area contributed by atoms with E-state index < -0.39 is 40.0 Å². The third-order valence-corrected chi connectivity index (χ3v) is 8.88. The number of imidazole rings is 2. The number of anilines is 2. The Hall–Kier alpha value is -3.28. The van der Waals surface area contributed by atoms with Gasteiger partial charge in [-0.05, 0) is 20.3 Å². The molecule has 6 heterocycles. The summed E-state index contributed by atoms with van der Waals surface area (Å²) in [6, 6.07) is 0. The van der Waals surface area contributed by atoms with E-state index in [2.05, 4.69) is 43.8 Å². The van der Waals surface area contributed by atoms with Crippen LogP contribution in [0.3, 0.4) is 0 Å². The molecule has 2 fully saturated rings. The Morgan fingerprint density at radius 2 is 1.38 bits per heavy atom. The summed E-state index contributed by atoms with van der Waals surface area (Å²) in [5.41, 5.74) is 11.2. The van der Waals surface area contributed by atoms with Gasteiger partial charge in [-0.25, -0.2) is 9.97 Å². The van der Waals surface area contributed by atoms with Crippen LogP contribution < -0.4 is 22.6 Å². The number of halogens is 2. The van der Waals surface area contributed by atoms with Crippen LogP contribution in [0.2, 0.25) is 0 Å². The first kappa shape index (κ1) is 30.2. The van der Waals surface area contributed by atoms with Crippen molar-refractivity contribution in [2.75, 3.05) is 18.1 Å². The number of aliphatic hydroxyl groups excluding tert-OH is 2. The largest absolute Gasteiger partial charge is 0.394 e. The average molecular weight is 627 g/mol. The lowest BCUT2D eigenvalue weighted by Gasteiger charge is -2.27. The maximum atomic E-state index is 11.8. The zero-order valence-corrected chi connectivity index (χ0v) is 24.7. The number of alkyl halides is 2. The van der Waals surface area contributed by atoms with Gasteiger partial charge in [0.2, 0.25) is 11.9 Å². The molecule has 0 amide bonds. The van der Waals surface area contributed by atoms with E-state index in [4.69, 9.17) is 44.1 Å². The standard InChI is InChI=1S/C13H18ClN5O2.C11H14ClN5O4/c1-4-7-6(2)13(3,14)11(21-7)19-5-16-8-9(19)17-12(15)18-10(8)20;1-11(12)6(19)4(2-18)21-9(11)17-3-14-5-7(17)15-10(13)16-8(5)20/h5-7,11H,4H2,1-3H3,(H3,15,17,18,20);3-4,6,9,18-19H,2H2,1H3,(H3,13,15,16,20)/t6-,7-,11-,13-;4-,6-,9-,11-/m11/s1. The average Bonchev–Trinajstić information content (AvgIpc) is 3.64. The van der Waals surface area contributed by atoms with Gasteiger partial charge < -0.3 is 31.2 Å². The number of hydrogen-bond acceptors (Lipinski definition) is 12. The van der Waals surface area contributed by atoms with Crippen molar-refractivity contribution in [2.24, 2.45) is 5.92 Å². The first-order chi connectivity index (χ1) is 19.7. The highest BCUT2D eigenvalue weighted by molar-refractivity contribution is 6.24. The number of aromatic nitrogens is 8. The van der Waals surface area contributed by atoms with Crippen molar-refractivity contribution in [2.45, 2.75) is 74.6 Å². The van der Waals surface area contributed by atoms with Gasteiger partial charge in [0.1, 0.15) is 17.1 Å². The topological polar surface area (TPSA) is 238 Å². The van der Waals surface area contributed by atoms with Crippen molar-refractivity contribution in [3.63, 3.8) is 0 Å². The molecule has 0 bridgehead atoms. The van der Waals surface area contributed by atoms with Crippen LogP contribution in [-0.2, 0) is 9.47 Å². The molecule has 6 rings (SSSR count). The molecule has 4 aromatic rings. The van der Waals surface area contributed by atoms with Crippen LogP contribution >= 0.6 is 23.2 Å². The van der Waals surface area contributed by atoms with Gasteiger partial charge in [0, 0.05) is 5.92 Å². The molecule has 0 aromatic carbocycles. The normalized spacial score (nSPS) is 32.9. The van der Waals surface area contributed by atoms with E-state index in [1.165, 1.54) is 17.2 Å². The maximum absolute atomic E-state index is 11.8. The molecule has 0 aliphatic carbocycles. The Bertz CT molecular complexity index is 1610. The molecule has 0 radical (unpaired) electrons. The van der Waals surface area contributed by atoms with Crippen molar-refractivity contribution in [3.05, 3.63) is 33.4 Å². The third kappa shape index (κ3) is 4.81. The molecule has 4 aromatic heterocycles. The van der Waals surface area contributed by atoms with Gasteiger partial charge >= 0.3 is 0 Å². The van der Waals surface area contributed by atoms with Crippen LogP contribution in [0.4, 0.5) is 11.9 Å². The summed E-state index contributed by atoms with van der Waals surface area (Å²) < 4.78 is 14.8. The number of ether oxygens (including phenoxy) is 2. The minimum atomic E-state index is -1.22. The van der Waals surface area contributed by atoms with Crippen LogP contribution in [0.25, 0.3) is 22.3 Å².